The van der Waals surface area contributed by atoms with Crippen molar-refractivity contribution in [2.75, 3.05) is 44.3 Å². The van der Waals surface area contributed by atoms with Gasteiger partial charge < -0.3 is 19.3 Å². The first kappa shape index (κ1) is 17.7. The van der Waals surface area contributed by atoms with Gasteiger partial charge in [-0.1, -0.05) is 6.07 Å². The molecular formula is C19H21FN4O3. The molecule has 2 aromatic rings. The van der Waals surface area contributed by atoms with Crippen LogP contribution in [-0.2, 0) is 22.6 Å². The molecule has 3 heterocycles. The Morgan fingerprint density at radius 3 is 2.93 bits per heavy atom. The summed E-state index contributed by atoms with van der Waals surface area (Å²) in [6.07, 6.45) is 2.64. The number of nitrogens with zero attached hydrogens (tertiary/aromatic N) is 4. The fourth-order valence-corrected chi connectivity index (χ4v) is 3.22. The molecule has 142 valence electrons. The number of carbonyl (C=O) groups excluding carboxylic acids is 1. The standard InChI is InChI=1S/C19H21FN4O3/c20-15-2-1-3-16(10-15)27-13-18(25)23-5-7-24(8-6-23)19-21-11-14-12-26-9-4-17(14)22-19/h1-3,10-11H,4-9,12-13H2. The number of fused-ring (bicyclic) bond motifs is 1. The van der Waals surface area contributed by atoms with Crippen molar-refractivity contribution in [1.29, 1.82) is 0 Å². The number of ether oxygens (including phenoxy) is 2. The lowest BCUT2D eigenvalue weighted by Gasteiger charge is -2.35. The van der Waals surface area contributed by atoms with Gasteiger partial charge in [0.15, 0.2) is 6.61 Å². The molecule has 2 aliphatic rings. The highest BCUT2D eigenvalue weighted by Crippen LogP contribution is 2.18. The fraction of sp³-hybridized carbons (Fsp3) is 0.421. The van der Waals surface area contributed by atoms with Crippen molar-refractivity contribution in [2.45, 2.75) is 13.0 Å². The lowest BCUT2D eigenvalue weighted by molar-refractivity contribution is -0.133. The number of carbonyl (C=O) groups is 1. The maximum absolute atomic E-state index is 13.2. The summed E-state index contributed by atoms with van der Waals surface area (Å²) in [7, 11) is 0. The predicted molar refractivity (Wildman–Crippen MR) is 96.1 cm³/mol. The van der Waals surface area contributed by atoms with E-state index < -0.39 is 0 Å². The molecule has 1 amide bonds. The minimum atomic E-state index is -0.384. The Morgan fingerprint density at radius 1 is 1.26 bits per heavy atom. The van der Waals surface area contributed by atoms with Crippen LogP contribution in [0.5, 0.6) is 5.75 Å². The molecule has 2 aliphatic heterocycles. The topological polar surface area (TPSA) is 67.8 Å². The van der Waals surface area contributed by atoms with E-state index in [0.29, 0.717) is 51.1 Å². The second kappa shape index (κ2) is 7.87. The van der Waals surface area contributed by atoms with Crippen LogP contribution in [-0.4, -0.2) is 60.2 Å². The summed E-state index contributed by atoms with van der Waals surface area (Å²) in [6, 6.07) is 5.79. The van der Waals surface area contributed by atoms with Crippen molar-refractivity contribution >= 4 is 11.9 Å². The van der Waals surface area contributed by atoms with E-state index in [0.717, 1.165) is 17.7 Å². The molecule has 0 saturated carbocycles. The number of amides is 1. The van der Waals surface area contributed by atoms with Gasteiger partial charge in [-0.05, 0) is 12.1 Å². The van der Waals surface area contributed by atoms with Gasteiger partial charge >= 0.3 is 0 Å². The maximum Gasteiger partial charge on any atom is 0.260 e. The molecule has 0 spiro atoms. The average molecular weight is 372 g/mol. The van der Waals surface area contributed by atoms with E-state index >= 15 is 0 Å². The molecule has 0 aliphatic carbocycles. The lowest BCUT2D eigenvalue weighted by atomic mass is 10.1. The third-order valence-electron chi connectivity index (χ3n) is 4.76. The van der Waals surface area contributed by atoms with Crippen LogP contribution in [0.4, 0.5) is 10.3 Å². The minimum absolute atomic E-state index is 0.0984. The molecule has 1 aromatic heterocycles. The van der Waals surface area contributed by atoms with Crippen LogP contribution in [0.1, 0.15) is 11.3 Å². The Labute approximate surface area is 156 Å². The van der Waals surface area contributed by atoms with E-state index in [2.05, 4.69) is 14.9 Å². The molecule has 0 radical (unpaired) electrons. The van der Waals surface area contributed by atoms with Crippen molar-refractivity contribution in [3.05, 3.63) is 47.5 Å². The summed E-state index contributed by atoms with van der Waals surface area (Å²) in [6.45, 7) is 3.66. The first-order valence-corrected chi connectivity index (χ1v) is 9.03. The van der Waals surface area contributed by atoms with Gasteiger partial charge in [0.25, 0.3) is 5.91 Å². The first-order chi connectivity index (χ1) is 13.2. The summed E-state index contributed by atoms with van der Waals surface area (Å²) in [4.78, 5) is 25.3. The van der Waals surface area contributed by atoms with Gasteiger partial charge in [0.05, 0.1) is 18.9 Å². The van der Waals surface area contributed by atoms with Crippen molar-refractivity contribution < 1.29 is 18.7 Å². The molecule has 0 unspecified atom stereocenters. The molecule has 4 rings (SSSR count). The normalized spacial score (nSPS) is 16.8. The Bertz CT molecular complexity index is 824. The smallest absolute Gasteiger partial charge is 0.260 e. The third-order valence-corrected chi connectivity index (χ3v) is 4.76. The lowest BCUT2D eigenvalue weighted by Crippen LogP contribution is -2.50. The van der Waals surface area contributed by atoms with Crippen molar-refractivity contribution in [1.82, 2.24) is 14.9 Å². The van der Waals surface area contributed by atoms with Crippen LogP contribution in [0.2, 0.25) is 0 Å². The van der Waals surface area contributed by atoms with Gasteiger partial charge in [-0.15, -0.1) is 0 Å². The van der Waals surface area contributed by atoms with Crippen molar-refractivity contribution in [2.24, 2.45) is 0 Å². The van der Waals surface area contributed by atoms with Gasteiger partial charge in [0.1, 0.15) is 11.6 Å². The predicted octanol–water partition coefficient (Wildman–Crippen LogP) is 1.42. The molecule has 0 bridgehead atoms. The number of hydrogen-bond acceptors (Lipinski definition) is 6. The minimum Gasteiger partial charge on any atom is -0.484 e. The molecule has 1 saturated heterocycles. The van der Waals surface area contributed by atoms with Gasteiger partial charge in [0.2, 0.25) is 5.95 Å². The van der Waals surface area contributed by atoms with Gasteiger partial charge in [0, 0.05) is 50.4 Å². The Balaban J connectivity index is 1.30. The monoisotopic (exact) mass is 372 g/mol. The highest BCUT2D eigenvalue weighted by molar-refractivity contribution is 5.78. The van der Waals surface area contributed by atoms with Crippen LogP contribution >= 0.6 is 0 Å². The molecule has 8 heteroatoms. The molecule has 7 nitrogen and oxygen atoms in total. The molecule has 1 fully saturated rings. The number of rotatable bonds is 4. The molecule has 0 atom stereocenters. The number of halogens is 1. The van der Waals surface area contributed by atoms with Crippen LogP contribution in [0, 0.1) is 5.82 Å². The third kappa shape index (κ3) is 4.16. The zero-order valence-electron chi connectivity index (χ0n) is 14.9. The highest BCUT2D eigenvalue weighted by atomic mass is 19.1. The highest BCUT2D eigenvalue weighted by Gasteiger charge is 2.24. The summed E-state index contributed by atoms with van der Waals surface area (Å²) in [5.41, 5.74) is 2.10. The molecule has 1 aromatic carbocycles. The number of aromatic nitrogens is 2. The number of benzene rings is 1. The summed E-state index contributed by atoms with van der Waals surface area (Å²) < 4.78 is 24.0. The zero-order valence-corrected chi connectivity index (χ0v) is 14.9. The SMILES string of the molecule is O=C(COc1cccc(F)c1)N1CCN(c2ncc3c(n2)CCOC3)CC1. The van der Waals surface area contributed by atoms with Crippen LogP contribution in [0.25, 0.3) is 0 Å². The van der Waals surface area contributed by atoms with E-state index in [-0.39, 0.29) is 18.3 Å². The Morgan fingerprint density at radius 2 is 2.11 bits per heavy atom. The Hall–Kier alpha value is -2.74. The summed E-state index contributed by atoms with van der Waals surface area (Å²) in [5, 5.41) is 0. The molecule has 27 heavy (non-hydrogen) atoms. The van der Waals surface area contributed by atoms with Crippen LogP contribution in [0.15, 0.2) is 30.5 Å². The van der Waals surface area contributed by atoms with E-state index in [9.17, 15) is 9.18 Å². The summed E-state index contributed by atoms with van der Waals surface area (Å²) in [5.74, 6) is 0.569. The molecular weight excluding hydrogens is 351 g/mol. The van der Waals surface area contributed by atoms with E-state index in [4.69, 9.17) is 9.47 Å². The second-order valence-corrected chi connectivity index (χ2v) is 6.56. The van der Waals surface area contributed by atoms with Gasteiger partial charge in [-0.2, -0.15) is 0 Å². The molecule has 0 N–H and O–H groups in total. The van der Waals surface area contributed by atoms with E-state index in [1.54, 1.807) is 17.0 Å². The Kier molecular flexibility index (Phi) is 5.15. The van der Waals surface area contributed by atoms with Gasteiger partial charge in [-0.25, -0.2) is 14.4 Å². The van der Waals surface area contributed by atoms with Crippen molar-refractivity contribution in [3.63, 3.8) is 0 Å². The largest absolute Gasteiger partial charge is 0.484 e. The van der Waals surface area contributed by atoms with Crippen LogP contribution < -0.4 is 9.64 Å². The van der Waals surface area contributed by atoms with Gasteiger partial charge in [-0.3, -0.25) is 4.79 Å². The van der Waals surface area contributed by atoms with Crippen LogP contribution in [0.3, 0.4) is 0 Å². The fourth-order valence-electron chi connectivity index (χ4n) is 3.22. The quantitative estimate of drug-likeness (QED) is 0.809. The second-order valence-electron chi connectivity index (χ2n) is 6.56. The maximum atomic E-state index is 13.2. The zero-order chi connectivity index (χ0) is 18.6. The first-order valence-electron chi connectivity index (χ1n) is 9.03. The van der Waals surface area contributed by atoms with E-state index in [1.165, 1.54) is 12.1 Å². The number of anilines is 1. The van der Waals surface area contributed by atoms with E-state index in [1.807, 2.05) is 6.20 Å². The number of hydrogen-bond donors (Lipinski definition) is 0. The summed E-state index contributed by atoms with van der Waals surface area (Å²) >= 11 is 0. The van der Waals surface area contributed by atoms with Crippen molar-refractivity contribution in [3.8, 4) is 5.75 Å². The number of piperazine rings is 1. The average Bonchev–Trinajstić information content (AvgIpc) is 2.72.